The average molecular weight is 428 g/mol. The summed E-state index contributed by atoms with van der Waals surface area (Å²) in [5.74, 6) is 15.5. The van der Waals surface area contributed by atoms with E-state index in [9.17, 15) is 0 Å². The molecule has 0 spiro atoms. The molecule has 3 aromatic rings. The molecule has 32 heavy (non-hydrogen) atoms. The zero-order valence-corrected chi connectivity index (χ0v) is 18.7. The zero-order valence-electron chi connectivity index (χ0n) is 18.7. The number of ether oxygens (including phenoxy) is 5. The fourth-order valence-electron chi connectivity index (χ4n) is 3.04. The van der Waals surface area contributed by atoms with Gasteiger partial charge in [0.2, 0.25) is 5.75 Å². The van der Waals surface area contributed by atoms with Gasteiger partial charge in [-0.3, -0.25) is 0 Å². The molecular formula is C27H24O5. The van der Waals surface area contributed by atoms with Crippen molar-refractivity contribution in [2.75, 3.05) is 35.5 Å². The summed E-state index contributed by atoms with van der Waals surface area (Å²) < 4.78 is 27.1. The van der Waals surface area contributed by atoms with Gasteiger partial charge < -0.3 is 23.7 Å². The maximum atomic E-state index is 5.45. The van der Waals surface area contributed by atoms with Crippen LogP contribution in [0, 0.1) is 23.7 Å². The molecule has 0 aromatic heterocycles. The van der Waals surface area contributed by atoms with Crippen LogP contribution in [0.1, 0.15) is 22.3 Å². The van der Waals surface area contributed by atoms with Gasteiger partial charge in [-0.1, -0.05) is 41.9 Å². The van der Waals surface area contributed by atoms with Crippen LogP contribution in [0.25, 0.3) is 0 Å². The van der Waals surface area contributed by atoms with E-state index in [4.69, 9.17) is 23.7 Å². The largest absolute Gasteiger partial charge is 0.493 e. The van der Waals surface area contributed by atoms with Gasteiger partial charge in [0.05, 0.1) is 35.5 Å². The maximum Gasteiger partial charge on any atom is 0.203 e. The van der Waals surface area contributed by atoms with Crippen LogP contribution in [0.5, 0.6) is 28.7 Å². The van der Waals surface area contributed by atoms with Gasteiger partial charge in [0.15, 0.2) is 23.0 Å². The highest BCUT2D eigenvalue weighted by molar-refractivity contribution is 5.62. The molecule has 0 amide bonds. The fraction of sp³-hybridized carbons (Fsp3) is 0.185. The Hall–Kier alpha value is -4.22. The number of benzene rings is 3. The smallest absolute Gasteiger partial charge is 0.203 e. The van der Waals surface area contributed by atoms with E-state index in [2.05, 4.69) is 23.7 Å². The summed E-state index contributed by atoms with van der Waals surface area (Å²) >= 11 is 0. The van der Waals surface area contributed by atoms with E-state index < -0.39 is 0 Å². The predicted octanol–water partition coefficient (Wildman–Crippen LogP) is 4.53. The maximum absolute atomic E-state index is 5.45. The Kier molecular flexibility index (Phi) is 7.51. The molecule has 0 atom stereocenters. The second kappa shape index (κ2) is 10.7. The summed E-state index contributed by atoms with van der Waals surface area (Å²) in [4.78, 5) is 0. The SMILES string of the molecule is COc1cc(C#Cc2ccccc2)c(C#Cc2cc(OC)c(OC)c(OC)c2)cc1OC. The standard InChI is InChI=1S/C27H24O5/c1-28-23-17-21(13-11-19-9-7-6-8-10-19)22(18-24(23)29-2)14-12-20-15-25(30-3)27(32-5)26(16-20)31-4/h6-10,15-18H,1-5H3. The molecule has 0 saturated heterocycles. The lowest BCUT2D eigenvalue weighted by atomic mass is 10.1. The first-order valence-corrected chi connectivity index (χ1v) is 9.78. The number of hydrogen-bond donors (Lipinski definition) is 0. The molecule has 0 heterocycles. The molecule has 0 aliphatic rings. The molecule has 0 aliphatic carbocycles. The monoisotopic (exact) mass is 428 g/mol. The molecule has 0 bridgehead atoms. The molecular weight excluding hydrogens is 404 g/mol. The molecule has 5 nitrogen and oxygen atoms in total. The second-order valence-corrected chi connectivity index (χ2v) is 6.53. The van der Waals surface area contributed by atoms with Crippen LogP contribution in [-0.4, -0.2) is 35.5 Å². The second-order valence-electron chi connectivity index (χ2n) is 6.53. The summed E-state index contributed by atoms with van der Waals surface area (Å²) in [5.41, 5.74) is 3.05. The molecule has 162 valence electrons. The molecule has 0 saturated carbocycles. The van der Waals surface area contributed by atoms with Crippen molar-refractivity contribution in [1.29, 1.82) is 0 Å². The van der Waals surface area contributed by atoms with Crippen LogP contribution in [0.15, 0.2) is 54.6 Å². The van der Waals surface area contributed by atoms with Gasteiger partial charge in [0.25, 0.3) is 0 Å². The topological polar surface area (TPSA) is 46.2 Å². The quantitative estimate of drug-likeness (QED) is 0.559. The van der Waals surface area contributed by atoms with E-state index in [0.717, 1.165) is 11.1 Å². The molecule has 0 N–H and O–H groups in total. The van der Waals surface area contributed by atoms with Crippen molar-refractivity contribution < 1.29 is 23.7 Å². The molecule has 3 rings (SSSR count). The first kappa shape index (κ1) is 22.5. The van der Waals surface area contributed by atoms with Crippen molar-refractivity contribution in [1.82, 2.24) is 0 Å². The van der Waals surface area contributed by atoms with E-state index in [1.54, 1.807) is 47.7 Å². The van der Waals surface area contributed by atoms with Crippen LogP contribution in [0.2, 0.25) is 0 Å². The molecule has 0 aliphatic heterocycles. The minimum Gasteiger partial charge on any atom is -0.493 e. The molecule has 3 aromatic carbocycles. The third kappa shape index (κ3) is 5.09. The van der Waals surface area contributed by atoms with E-state index >= 15 is 0 Å². The van der Waals surface area contributed by atoms with Gasteiger partial charge in [-0.05, 0) is 24.3 Å². The lowest BCUT2D eigenvalue weighted by Crippen LogP contribution is -1.96. The van der Waals surface area contributed by atoms with E-state index in [1.807, 2.05) is 42.5 Å². The Labute approximate surface area is 188 Å². The van der Waals surface area contributed by atoms with E-state index in [0.29, 0.717) is 39.9 Å². The Morgan fingerprint density at radius 2 is 0.938 bits per heavy atom. The molecule has 0 fully saturated rings. The van der Waals surface area contributed by atoms with Crippen molar-refractivity contribution in [3.63, 3.8) is 0 Å². The Balaban J connectivity index is 2.11. The lowest BCUT2D eigenvalue weighted by molar-refractivity contribution is 0.324. The average Bonchev–Trinajstić information content (AvgIpc) is 2.85. The van der Waals surface area contributed by atoms with Gasteiger partial charge in [0.1, 0.15) is 0 Å². The van der Waals surface area contributed by atoms with Gasteiger partial charge in [0, 0.05) is 34.4 Å². The number of hydrogen-bond acceptors (Lipinski definition) is 5. The summed E-state index contributed by atoms with van der Waals surface area (Å²) in [6.07, 6.45) is 0. The van der Waals surface area contributed by atoms with Crippen LogP contribution >= 0.6 is 0 Å². The minimum absolute atomic E-state index is 0.515. The van der Waals surface area contributed by atoms with Gasteiger partial charge >= 0.3 is 0 Å². The van der Waals surface area contributed by atoms with Crippen molar-refractivity contribution in [2.45, 2.75) is 0 Å². The van der Waals surface area contributed by atoms with Gasteiger partial charge in [-0.25, -0.2) is 0 Å². The van der Waals surface area contributed by atoms with Crippen molar-refractivity contribution in [3.8, 4) is 52.4 Å². The highest BCUT2D eigenvalue weighted by atomic mass is 16.5. The third-order valence-electron chi connectivity index (χ3n) is 4.65. The molecule has 0 radical (unpaired) electrons. The van der Waals surface area contributed by atoms with E-state index in [-0.39, 0.29) is 0 Å². The normalized spacial score (nSPS) is 9.53. The lowest BCUT2D eigenvalue weighted by Gasteiger charge is -2.12. The summed E-state index contributed by atoms with van der Waals surface area (Å²) in [6, 6.07) is 17.0. The van der Waals surface area contributed by atoms with E-state index in [1.165, 1.54) is 0 Å². The van der Waals surface area contributed by atoms with Crippen molar-refractivity contribution >= 4 is 0 Å². The van der Waals surface area contributed by atoms with Crippen LogP contribution in [0.3, 0.4) is 0 Å². The summed E-state index contributed by atoms with van der Waals surface area (Å²) in [5, 5.41) is 0. The number of methoxy groups -OCH3 is 5. The first-order valence-electron chi connectivity index (χ1n) is 9.78. The van der Waals surface area contributed by atoms with Crippen LogP contribution in [-0.2, 0) is 0 Å². The first-order chi connectivity index (χ1) is 15.6. The molecule has 0 unspecified atom stereocenters. The summed E-state index contributed by atoms with van der Waals surface area (Å²) in [7, 11) is 7.88. The highest BCUT2D eigenvalue weighted by Gasteiger charge is 2.13. The Morgan fingerprint density at radius 1 is 0.469 bits per heavy atom. The molecule has 5 heteroatoms. The fourth-order valence-corrected chi connectivity index (χ4v) is 3.04. The van der Waals surface area contributed by atoms with Crippen LogP contribution in [0.4, 0.5) is 0 Å². The predicted molar refractivity (Wildman–Crippen MR) is 124 cm³/mol. The highest BCUT2D eigenvalue weighted by Crippen LogP contribution is 2.38. The Morgan fingerprint density at radius 3 is 1.38 bits per heavy atom. The summed E-state index contributed by atoms with van der Waals surface area (Å²) in [6.45, 7) is 0. The third-order valence-corrected chi connectivity index (χ3v) is 4.65. The minimum atomic E-state index is 0.515. The van der Waals surface area contributed by atoms with Gasteiger partial charge in [-0.15, -0.1) is 0 Å². The van der Waals surface area contributed by atoms with Crippen molar-refractivity contribution in [3.05, 3.63) is 76.9 Å². The Bertz CT molecular complexity index is 1180. The van der Waals surface area contributed by atoms with Crippen molar-refractivity contribution in [2.24, 2.45) is 0 Å². The van der Waals surface area contributed by atoms with Crippen LogP contribution < -0.4 is 23.7 Å². The number of rotatable bonds is 5. The zero-order chi connectivity index (χ0) is 22.9. The van der Waals surface area contributed by atoms with Gasteiger partial charge in [-0.2, -0.15) is 0 Å².